The molecule has 0 aromatic heterocycles. The molecule has 7 nitrogen and oxygen atoms in total. The molecule has 0 spiro atoms. The van der Waals surface area contributed by atoms with E-state index >= 15 is 0 Å². The second kappa shape index (κ2) is 8.27. The van der Waals surface area contributed by atoms with Gasteiger partial charge in [0.05, 0.1) is 22.9 Å². The first kappa shape index (κ1) is 19.1. The monoisotopic (exact) mass is 372 g/mol. The maximum absolute atomic E-state index is 12.0. The quantitative estimate of drug-likeness (QED) is 0.775. The number of benzene rings is 2. The summed E-state index contributed by atoms with van der Waals surface area (Å²) >= 11 is 0. The average Bonchev–Trinajstić information content (AvgIpc) is 2.58. The highest BCUT2D eigenvalue weighted by Gasteiger charge is 2.12. The first-order valence-corrected chi connectivity index (χ1v) is 9.57. The smallest absolute Gasteiger partial charge is 0.338 e. The predicted octanol–water partition coefficient (Wildman–Crippen LogP) is 1.90. The van der Waals surface area contributed by atoms with Gasteiger partial charge in [0.2, 0.25) is 0 Å². The molecule has 134 valence electrons. The summed E-state index contributed by atoms with van der Waals surface area (Å²) in [5.74, 6) is -1.48. The molecule has 0 saturated heterocycles. The summed E-state index contributed by atoms with van der Waals surface area (Å²) in [6, 6.07) is 14.3. The fourth-order valence-electron chi connectivity index (χ4n) is 2.17. The van der Waals surface area contributed by atoms with Crippen molar-refractivity contribution in [1.29, 1.82) is 5.26 Å². The Labute approximate surface area is 151 Å². The molecule has 0 aliphatic heterocycles. The van der Waals surface area contributed by atoms with E-state index in [1.165, 1.54) is 18.2 Å². The van der Waals surface area contributed by atoms with Gasteiger partial charge in [0.25, 0.3) is 5.91 Å². The van der Waals surface area contributed by atoms with E-state index in [4.69, 9.17) is 10.00 Å². The molecule has 2 rings (SSSR count). The number of nitriles is 1. The summed E-state index contributed by atoms with van der Waals surface area (Å²) in [5.41, 5.74) is 1.42. The van der Waals surface area contributed by atoms with Crippen molar-refractivity contribution in [2.45, 2.75) is 5.75 Å². The van der Waals surface area contributed by atoms with Gasteiger partial charge in [-0.3, -0.25) is 4.79 Å². The zero-order valence-corrected chi connectivity index (χ0v) is 14.7. The molecule has 2 aromatic rings. The van der Waals surface area contributed by atoms with E-state index in [-0.39, 0.29) is 11.3 Å². The second-order valence-electron chi connectivity index (χ2n) is 5.59. The van der Waals surface area contributed by atoms with Crippen LogP contribution in [-0.2, 0) is 25.1 Å². The lowest BCUT2D eigenvalue weighted by molar-refractivity contribution is -0.119. The van der Waals surface area contributed by atoms with Gasteiger partial charge in [-0.2, -0.15) is 5.26 Å². The number of nitrogens with one attached hydrogen (secondary N) is 1. The first-order valence-electron chi connectivity index (χ1n) is 7.50. The highest BCUT2D eigenvalue weighted by molar-refractivity contribution is 7.89. The van der Waals surface area contributed by atoms with Gasteiger partial charge in [0.15, 0.2) is 16.4 Å². The lowest BCUT2D eigenvalue weighted by Crippen LogP contribution is -2.21. The number of hydrogen-bond donors (Lipinski definition) is 1. The Balaban J connectivity index is 1.94. The lowest BCUT2D eigenvalue weighted by Gasteiger charge is -2.08. The van der Waals surface area contributed by atoms with E-state index in [0.717, 1.165) is 6.26 Å². The van der Waals surface area contributed by atoms with E-state index in [0.29, 0.717) is 16.8 Å². The standard InChI is InChI=1S/C18H16N2O5S/c1-26(23,24)12-14-5-2-6-15(8-14)18(22)25-11-17(21)20-16-7-3-4-13(9-16)10-19/h2-9H,11-12H2,1H3,(H,20,21). The Hall–Kier alpha value is -3.18. The minimum Gasteiger partial charge on any atom is -0.452 e. The van der Waals surface area contributed by atoms with Crippen LogP contribution in [0.4, 0.5) is 5.69 Å². The minimum atomic E-state index is -3.22. The molecule has 8 heteroatoms. The number of sulfone groups is 1. The number of nitrogens with zero attached hydrogens (tertiary/aromatic N) is 1. The van der Waals surface area contributed by atoms with Crippen molar-refractivity contribution in [3.63, 3.8) is 0 Å². The van der Waals surface area contributed by atoms with Crippen LogP contribution in [0.2, 0.25) is 0 Å². The number of carbonyl (C=O) groups is 2. The van der Waals surface area contributed by atoms with Crippen molar-refractivity contribution in [2.75, 3.05) is 18.2 Å². The third kappa shape index (κ3) is 6.03. The van der Waals surface area contributed by atoms with Crippen molar-refractivity contribution in [1.82, 2.24) is 0 Å². The van der Waals surface area contributed by atoms with E-state index in [9.17, 15) is 18.0 Å². The molecule has 26 heavy (non-hydrogen) atoms. The third-order valence-corrected chi connectivity index (χ3v) is 4.06. The largest absolute Gasteiger partial charge is 0.452 e. The van der Waals surface area contributed by atoms with Crippen LogP contribution in [-0.4, -0.2) is 33.2 Å². The Morgan fingerprint density at radius 1 is 1.15 bits per heavy atom. The van der Waals surface area contributed by atoms with E-state index in [1.54, 1.807) is 30.3 Å². The summed E-state index contributed by atoms with van der Waals surface area (Å²) in [4.78, 5) is 23.9. The van der Waals surface area contributed by atoms with Gasteiger partial charge in [0, 0.05) is 11.9 Å². The molecule has 0 heterocycles. The van der Waals surface area contributed by atoms with Crippen LogP contribution in [0, 0.1) is 11.3 Å². The number of anilines is 1. The lowest BCUT2D eigenvalue weighted by atomic mass is 10.1. The van der Waals surface area contributed by atoms with Crippen LogP contribution in [0.15, 0.2) is 48.5 Å². The molecular weight excluding hydrogens is 356 g/mol. The summed E-state index contributed by atoms with van der Waals surface area (Å²) in [7, 11) is -3.22. The van der Waals surface area contributed by atoms with Crippen LogP contribution in [0.25, 0.3) is 0 Å². The van der Waals surface area contributed by atoms with Crippen molar-refractivity contribution in [2.24, 2.45) is 0 Å². The Morgan fingerprint density at radius 3 is 2.58 bits per heavy atom. The number of carbonyl (C=O) groups excluding carboxylic acids is 2. The summed E-state index contributed by atoms with van der Waals surface area (Å²) in [6.07, 6.45) is 1.10. The maximum atomic E-state index is 12.0. The average molecular weight is 372 g/mol. The molecule has 0 fully saturated rings. The van der Waals surface area contributed by atoms with Crippen molar-refractivity contribution in [3.8, 4) is 6.07 Å². The maximum Gasteiger partial charge on any atom is 0.338 e. The molecule has 0 radical (unpaired) electrons. The highest BCUT2D eigenvalue weighted by Crippen LogP contribution is 2.11. The summed E-state index contributed by atoms with van der Waals surface area (Å²) in [6.45, 7) is -0.508. The molecule has 0 aliphatic carbocycles. The van der Waals surface area contributed by atoms with Gasteiger partial charge in [-0.05, 0) is 35.9 Å². The van der Waals surface area contributed by atoms with Crippen LogP contribution in [0.1, 0.15) is 21.5 Å². The van der Waals surface area contributed by atoms with Crippen LogP contribution >= 0.6 is 0 Å². The van der Waals surface area contributed by atoms with E-state index in [2.05, 4.69) is 5.32 Å². The first-order chi connectivity index (χ1) is 12.3. The van der Waals surface area contributed by atoms with Gasteiger partial charge < -0.3 is 10.1 Å². The van der Waals surface area contributed by atoms with Gasteiger partial charge >= 0.3 is 5.97 Å². The van der Waals surface area contributed by atoms with Crippen molar-refractivity contribution < 1.29 is 22.7 Å². The summed E-state index contributed by atoms with van der Waals surface area (Å²) in [5, 5.41) is 11.3. The fraction of sp³-hybridized carbons (Fsp3) is 0.167. The molecule has 1 amide bonds. The molecule has 0 aliphatic rings. The van der Waals surface area contributed by atoms with Crippen molar-refractivity contribution in [3.05, 3.63) is 65.2 Å². The molecule has 0 saturated carbocycles. The van der Waals surface area contributed by atoms with E-state index < -0.39 is 28.3 Å². The number of amides is 1. The zero-order chi connectivity index (χ0) is 19.2. The van der Waals surface area contributed by atoms with Gasteiger partial charge in [-0.15, -0.1) is 0 Å². The van der Waals surface area contributed by atoms with Crippen molar-refractivity contribution >= 4 is 27.4 Å². The van der Waals surface area contributed by atoms with Gasteiger partial charge in [-0.25, -0.2) is 13.2 Å². The SMILES string of the molecule is CS(=O)(=O)Cc1cccc(C(=O)OCC(=O)Nc2cccc(C#N)c2)c1. The number of hydrogen-bond acceptors (Lipinski definition) is 6. The molecule has 1 N–H and O–H groups in total. The zero-order valence-electron chi connectivity index (χ0n) is 13.9. The topological polar surface area (TPSA) is 113 Å². The minimum absolute atomic E-state index is 0.158. The summed E-state index contributed by atoms with van der Waals surface area (Å²) < 4.78 is 27.6. The van der Waals surface area contributed by atoms with Crippen LogP contribution in [0.5, 0.6) is 0 Å². The number of rotatable bonds is 6. The number of esters is 1. The normalized spacial score (nSPS) is 10.6. The molecule has 0 atom stereocenters. The molecule has 0 bridgehead atoms. The Bertz CT molecular complexity index is 977. The predicted molar refractivity (Wildman–Crippen MR) is 95.1 cm³/mol. The Morgan fingerprint density at radius 2 is 1.88 bits per heavy atom. The Kier molecular flexibility index (Phi) is 6.09. The molecule has 2 aromatic carbocycles. The molecule has 0 unspecified atom stereocenters. The van der Waals surface area contributed by atoms with Crippen LogP contribution < -0.4 is 5.32 Å². The van der Waals surface area contributed by atoms with Gasteiger partial charge in [0.1, 0.15) is 0 Å². The molecular formula is C18H16N2O5S. The second-order valence-corrected chi connectivity index (χ2v) is 7.73. The highest BCUT2D eigenvalue weighted by atomic mass is 32.2. The number of ether oxygens (including phenoxy) is 1. The van der Waals surface area contributed by atoms with E-state index in [1.807, 2.05) is 6.07 Å². The van der Waals surface area contributed by atoms with Gasteiger partial charge in [-0.1, -0.05) is 18.2 Å². The third-order valence-electron chi connectivity index (χ3n) is 3.20. The fourth-order valence-corrected chi connectivity index (χ4v) is 2.95. The van der Waals surface area contributed by atoms with Crippen LogP contribution in [0.3, 0.4) is 0 Å².